The monoisotopic (exact) mass is 368 g/mol. The minimum atomic E-state index is -0.365. The van der Waals surface area contributed by atoms with Gasteiger partial charge in [-0.15, -0.1) is 0 Å². The highest BCUT2D eigenvalue weighted by Gasteiger charge is 2.04. The number of halogens is 1. The maximum atomic E-state index is 11.9. The fraction of sp³-hybridized carbons (Fsp3) is 0.100. The number of methoxy groups -OCH3 is 1. The molecule has 0 bridgehead atoms. The van der Waals surface area contributed by atoms with Crippen molar-refractivity contribution in [2.45, 2.75) is 0 Å². The predicted molar refractivity (Wildman–Crippen MR) is 103 cm³/mol. The molecular formula is C20H17ClN2O3. The number of hydrazone groups is 1. The third kappa shape index (κ3) is 4.52. The molecule has 0 spiro atoms. The third-order valence-corrected chi connectivity index (χ3v) is 3.91. The Morgan fingerprint density at radius 3 is 2.73 bits per heavy atom. The Morgan fingerprint density at radius 2 is 1.92 bits per heavy atom. The molecule has 3 aromatic rings. The van der Waals surface area contributed by atoms with Crippen LogP contribution in [0.3, 0.4) is 0 Å². The molecule has 26 heavy (non-hydrogen) atoms. The molecule has 1 N–H and O–H groups in total. The summed E-state index contributed by atoms with van der Waals surface area (Å²) in [5.74, 6) is 0.870. The quantitative estimate of drug-likeness (QED) is 0.528. The number of amides is 1. The summed E-state index contributed by atoms with van der Waals surface area (Å²) in [6, 6.07) is 18.8. The highest BCUT2D eigenvalue weighted by molar-refractivity contribution is 6.30. The summed E-state index contributed by atoms with van der Waals surface area (Å²) >= 11 is 5.95. The molecule has 0 aliphatic carbocycles. The maximum absolute atomic E-state index is 11.9. The molecule has 132 valence electrons. The molecule has 5 nitrogen and oxygen atoms in total. The van der Waals surface area contributed by atoms with Gasteiger partial charge in [-0.3, -0.25) is 4.79 Å². The molecular weight excluding hydrogens is 352 g/mol. The number of carbonyl (C=O) groups is 1. The van der Waals surface area contributed by atoms with Gasteiger partial charge in [-0.25, -0.2) is 5.43 Å². The number of hydrogen-bond donors (Lipinski definition) is 1. The number of benzene rings is 3. The standard InChI is InChI=1S/C20H17ClN2O3/c1-25-19-9-7-17(21)10-16(19)12-22-23-20(24)13-26-18-8-6-14-4-2-3-5-15(14)11-18/h2-12H,13H2,1H3,(H,23,24)/b22-12+. The largest absolute Gasteiger partial charge is 0.496 e. The molecule has 0 saturated carbocycles. The second kappa shape index (κ2) is 8.36. The Labute approximate surface area is 156 Å². The van der Waals surface area contributed by atoms with E-state index >= 15 is 0 Å². The second-order valence-electron chi connectivity index (χ2n) is 5.48. The topological polar surface area (TPSA) is 59.9 Å². The van der Waals surface area contributed by atoms with Crippen molar-refractivity contribution in [3.8, 4) is 11.5 Å². The average Bonchev–Trinajstić information content (AvgIpc) is 2.66. The zero-order valence-electron chi connectivity index (χ0n) is 14.1. The number of hydrogen-bond acceptors (Lipinski definition) is 4. The summed E-state index contributed by atoms with van der Waals surface area (Å²) < 4.78 is 10.7. The van der Waals surface area contributed by atoms with E-state index in [0.717, 1.165) is 10.8 Å². The zero-order valence-corrected chi connectivity index (χ0v) is 14.9. The van der Waals surface area contributed by atoms with Crippen molar-refractivity contribution in [1.82, 2.24) is 5.43 Å². The van der Waals surface area contributed by atoms with Crippen molar-refractivity contribution in [3.05, 3.63) is 71.2 Å². The van der Waals surface area contributed by atoms with Gasteiger partial charge >= 0.3 is 0 Å². The first-order valence-corrected chi connectivity index (χ1v) is 8.30. The van der Waals surface area contributed by atoms with Crippen LogP contribution in [0.1, 0.15) is 5.56 Å². The van der Waals surface area contributed by atoms with Gasteiger partial charge in [0.1, 0.15) is 11.5 Å². The first-order valence-electron chi connectivity index (χ1n) is 7.93. The van der Waals surface area contributed by atoms with E-state index in [9.17, 15) is 4.79 Å². The van der Waals surface area contributed by atoms with Gasteiger partial charge in [0.25, 0.3) is 5.91 Å². The number of carbonyl (C=O) groups excluding carboxylic acids is 1. The smallest absolute Gasteiger partial charge is 0.277 e. The van der Waals surface area contributed by atoms with Gasteiger partial charge in [-0.1, -0.05) is 41.9 Å². The van der Waals surface area contributed by atoms with Crippen LogP contribution in [0.25, 0.3) is 10.8 Å². The van der Waals surface area contributed by atoms with Crippen molar-refractivity contribution < 1.29 is 14.3 Å². The number of nitrogens with zero attached hydrogens (tertiary/aromatic N) is 1. The predicted octanol–water partition coefficient (Wildman–Crippen LogP) is 4.03. The van der Waals surface area contributed by atoms with E-state index in [1.54, 1.807) is 25.3 Å². The van der Waals surface area contributed by atoms with Gasteiger partial charge < -0.3 is 9.47 Å². The molecule has 6 heteroatoms. The lowest BCUT2D eigenvalue weighted by Crippen LogP contribution is -2.24. The van der Waals surface area contributed by atoms with Crippen LogP contribution in [0.5, 0.6) is 11.5 Å². The van der Waals surface area contributed by atoms with Gasteiger partial charge in [-0.05, 0) is 41.1 Å². The fourth-order valence-corrected chi connectivity index (χ4v) is 2.60. The third-order valence-electron chi connectivity index (χ3n) is 3.68. The van der Waals surface area contributed by atoms with Crippen molar-refractivity contribution in [2.75, 3.05) is 13.7 Å². The number of rotatable bonds is 6. The van der Waals surface area contributed by atoms with E-state index in [1.165, 1.54) is 6.21 Å². The molecule has 0 aromatic heterocycles. The molecule has 0 unspecified atom stereocenters. The van der Waals surface area contributed by atoms with E-state index in [2.05, 4.69) is 10.5 Å². The van der Waals surface area contributed by atoms with Crippen molar-refractivity contribution in [2.24, 2.45) is 5.10 Å². The summed E-state index contributed by atoms with van der Waals surface area (Å²) in [5.41, 5.74) is 3.08. The fourth-order valence-electron chi connectivity index (χ4n) is 2.42. The molecule has 0 aliphatic heterocycles. The summed E-state index contributed by atoms with van der Waals surface area (Å²) in [7, 11) is 1.55. The minimum absolute atomic E-state index is 0.137. The summed E-state index contributed by atoms with van der Waals surface area (Å²) in [6.45, 7) is -0.137. The SMILES string of the molecule is COc1ccc(Cl)cc1/C=N/NC(=O)COc1ccc2ccccc2c1. The number of nitrogens with one attached hydrogen (secondary N) is 1. The summed E-state index contributed by atoms with van der Waals surface area (Å²) in [4.78, 5) is 11.9. The molecule has 0 radical (unpaired) electrons. The van der Waals surface area contributed by atoms with Crippen LogP contribution in [0.2, 0.25) is 5.02 Å². The van der Waals surface area contributed by atoms with Gasteiger partial charge in [0, 0.05) is 10.6 Å². The van der Waals surface area contributed by atoms with Crippen molar-refractivity contribution in [3.63, 3.8) is 0 Å². The molecule has 3 rings (SSSR count). The summed E-state index contributed by atoms with van der Waals surface area (Å²) in [5, 5.41) is 6.63. The van der Waals surface area contributed by atoms with Crippen LogP contribution in [0.4, 0.5) is 0 Å². The van der Waals surface area contributed by atoms with Gasteiger partial charge in [-0.2, -0.15) is 5.10 Å². The van der Waals surface area contributed by atoms with E-state index in [4.69, 9.17) is 21.1 Å². The molecule has 0 saturated heterocycles. The van der Waals surface area contributed by atoms with Gasteiger partial charge in [0.05, 0.1) is 13.3 Å². The highest BCUT2D eigenvalue weighted by Crippen LogP contribution is 2.21. The van der Waals surface area contributed by atoms with Crippen molar-refractivity contribution >= 4 is 34.5 Å². The van der Waals surface area contributed by atoms with Crippen LogP contribution in [-0.4, -0.2) is 25.8 Å². The first kappa shape index (κ1) is 17.8. The molecule has 1 amide bonds. The Kier molecular flexibility index (Phi) is 5.71. The molecule has 3 aromatic carbocycles. The Hall–Kier alpha value is -3.05. The Bertz CT molecular complexity index is 957. The highest BCUT2D eigenvalue weighted by atomic mass is 35.5. The van der Waals surface area contributed by atoms with Gasteiger partial charge in [0.15, 0.2) is 6.61 Å². The lowest BCUT2D eigenvalue weighted by atomic mass is 10.1. The van der Waals surface area contributed by atoms with Crippen LogP contribution in [0.15, 0.2) is 65.8 Å². The van der Waals surface area contributed by atoms with Crippen LogP contribution in [-0.2, 0) is 4.79 Å². The van der Waals surface area contributed by atoms with Crippen molar-refractivity contribution in [1.29, 1.82) is 0 Å². The Balaban J connectivity index is 1.56. The maximum Gasteiger partial charge on any atom is 0.277 e. The second-order valence-corrected chi connectivity index (χ2v) is 5.91. The molecule has 0 fully saturated rings. The lowest BCUT2D eigenvalue weighted by Gasteiger charge is -2.07. The van der Waals surface area contributed by atoms with E-state index in [0.29, 0.717) is 22.1 Å². The average molecular weight is 369 g/mol. The number of ether oxygens (including phenoxy) is 2. The molecule has 0 aliphatic rings. The van der Waals surface area contributed by atoms with E-state index < -0.39 is 0 Å². The van der Waals surface area contributed by atoms with Crippen LogP contribution < -0.4 is 14.9 Å². The zero-order chi connectivity index (χ0) is 18.4. The van der Waals surface area contributed by atoms with E-state index in [1.807, 2.05) is 42.5 Å². The van der Waals surface area contributed by atoms with E-state index in [-0.39, 0.29) is 12.5 Å². The normalized spacial score (nSPS) is 10.8. The summed E-state index contributed by atoms with van der Waals surface area (Å²) in [6.07, 6.45) is 1.47. The molecule has 0 heterocycles. The molecule has 0 atom stereocenters. The van der Waals surface area contributed by atoms with Gasteiger partial charge in [0.2, 0.25) is 0 Å². The van der Waals surface area contributed by atoms with Crippen LogP contribution >= 0.6 is 11.6 Å². The number of fused-ring (bicyclic) bond motifs is 1. The Morgan fingerprint density at radius 1 is 1.12 bits per heavy atom. The first-order chi connectivity index (χ1) is 12.7. The lowest BCUT2D eigenvalue weighted by molar-refractivity contribution is -0.123. The minimum Gasteiger partial charge on any atom is -0.496 e. The van der Waals surface area contributed by atoms with Crippen LogP contribution in [0, 0.1) is 0 Å².